The van der Waals surface area contributed by atoms with Gasteiger partial charge in [-0.05, 0) is 32.1 Å². The summed E-state index contributed by atoms with van der Waals surface area (Å²) in [6.07, 6.45) is 7.16. The van der Waals surface area contributed by atoms with Crippen molar-refractivity contribution in [1.29, 1.82) is 0 Å². The molecule has 1 aromatic rings. The highest BCUT2D eigenvalue weighted by atomic mass is 16.5. The van der Waals surface area contributed by atoms with E-state index in [4.69, 9.17) is 4.74 Å². The van der Waals surface area contributed by atoms with E-state index in [-0.39, 0.29) is 18.2 Å². The van der Waals surface area contributed by atoms with Crippen LogP contribution in [-0.2, 0) is 4.74 Å². The number of rotatable bonds is 6. The number of nitrogens with one attached hydrogen (secondary N) is 1. The third kappa shape index (κ3) is 2.96. The number of ether oxygens (including phenoxy) is 1. The molecule has 3 rings (SSSR count). The van der Waals surface area contributed by atoms with E-state index in [1.165, 1.54) is 6.42 Å². The highest BCUT2D eigenvalue weighted by Crippen LogP contribution is 2.35. The van der Waals surface area contributed by atoms with Crippen LogP contribution >= 0.6 is 0 Å². The predicted molar refractivity (Wildman–Crippen MR) is 81.6 cm³/mol. The fourth-order valence-electron chi connectivity index (χ4n) is 3.20. The van der Waals surface area contributed by atoms with Crippen molar-refractivity contribution in [2.24, 2.45) is 0 Å². The van der Waals surface area contributed by atoms with E-state index in [1.54, 1.807) is 13.4 Å². The van der Waals surface area contributed by atoms with E-state index >= 15 is 0 Å². The molecule has 1 aliphatic carbocycles. The maximum atomic E-state index is 9.43. The highest BCUT2D eigenvalue weighted by Gasteiger charge is 2.36. The number of methoxy groups -OCH3 is 1. The normalized spacial score (nSPS) is 23.9. The molecule has 2 aliphatic rings. The van der Waals surface area contributed by atoms with Crippen LogP contribution in [0.1, 0.15) is 32.1 Å². The smallest absolute Gasteiger partial charge is 0.134 e. The Morgan fingerprint density at radius 3 is 2.95 bits per heavy atom. The van der Waals surface area contributed by atoms with Crippen molar-refractivity contribution in [3.8, 4) is 0 Å². The van der Waals surface area contributed by atoms with Crippen molar-refractivity contribution in [2.45, 2.75) is 43.7 Å². The lowest BCUT2D eigenvalue weighted by Crippen LogP contribution is -2.45. The second kappa shape index (κ2) is 6.15. The molecule has 1 saturated heterocycles. The van der Waals surface area contributed by atoms with E-state index in [1.807, 2.05) is 6.07 Å². The van der Waals surface area contributed by atoms with Crippen molar-refractivity contribution in [3.63, 3.8) is 0 Å². The lowest BCUT2D eigenvalue weighted by atomic mass is 9.80. The Labute approximate surface area is 125 Å². The zero-order valence-corrected chi connectivity index (χ0v) is 12.6. The molecular formula is C15H24N4O2. The van der Waals surface area contributed by atoms with Crippen LogP contribution in [0.2, 0.25) is 0 Å². The van der Waals surface area contributed by atoms with Crippen LogP contribution in [0.15, 0.2) is 12.4 Å². The van der Waals surface area contributed by atoms with Gasteiger partial charge in [-0.3, -0.25) is 0 Å². The van der Waals surface area contributed by atoms with Gasteiger partial charge in [0.1, 0.15) is 18.0 Å². The maximum absolute atomic E-state index is 9.43. The summed E-state index contributed by atoms with van der Waals surface area (Å²) in [6.45, 7) is 1.91. The molecule has 2 fully saturated rings. The summed E-state index contributed by atoms with van der Waals surface area (Å²) >= 11 is 0. The molecule has 0 radical (unpaired) electrons. The lowest BCUT2D eigenvalue weighted by molar-refractivity contribution is -0.0601. The van der Waals surface area contributed by atoms with Crippen molar-refractivity contribution >= 4 is 11.6 Å². The first-order valence-corrected chi connectivity index (χ1v) is 7.75. The van der Waals surface area contributed by atoms with Crippen molar-refractivity contribution < 1.29 is 9.84 Å². The third-order valence-electron chi connectivity index (χ3n) is 4.82. The molecule has 0 spiro atoms. The molecule has 2 heterocycles. The van der Waals surface area contributed by atoms with E-state index in [2.05, 4.69) is 20.2 Å². The first-order valence-electron chi connectivity index (χ1n) is 7.75. The Balaban J connectivity index is 1.65. The minimum atomic E-state index is -0.0214. The van der Waals surface area contributed by atoms with Gasteiger partial charge in [0, 0.05) is 26.3 Å². The van der Waals surface area contributed by atoms with Crippen LogP contribution in [-0.4, -0.2) is 53.5 Å². The fourth-order valence-corrected chi connectivity index (χ4v) is 3.20. The summed E-state index contributed by atoms with van der Waals surface area (Å²) in [4.78, 5) is 10.8. The Bertz CT molecular complexity index is 473. The molecule has 116 valence electrons. The number of aromatic nitrogens is 2. The number of nitrogens with zero attached hydrogens (tertiary/aromatic N) is 3. The van der Waals surface area contributed by atoms with Crippen LogP contribution in [0, 0.1) is 0 Å². The minimum Gasteiger partial charge on any atom is -0.394 e. The van der Waals surface area contributed by atoms with Gasteiger partial charge in [0.15, 0.2) is 0 Å². The van der Waals surface area contributed by atoms with E-state index < -0.39 is 0 Å². The standard InChI is InChI=1S/C15H24N4O2/c1-21-15(5-3-6-15)10-16-13-8-14(18-11-17-13)19-7-2-4-12(19)9-20/h8,11-12,20H,2-7,9-10H2,1H3,(H,16,17,18). The van der Waals surface area contributed by atoms with Crippen molar-refractivity contribution in [3.05, 3.63) is 12.4 Å². The second-order valence-electron chi connectivity index (χ2n) is 6.03. The largest absolute Gasteiger partial charge is 0.394 e. The first kappa shape index (κ1) is 14.5. The molecule has 0 aromatic carbocycles. The molecule has 21 heavy (non-hydrogen) atoms. The van der Waals surface area contributed by atoms with Crippen LogP contribution < -0.4 is 10.2 Å². The van der Waals surface area contributed by atoms with Gasteiger partial charge in [-0.2, -0.15) is 0 Å². The van der Waals surface area contributed by atoms with E-state index in [0.29, 0.717) is 0 Å². The number of aliphatic hydroxyl groups is 1. The van der Waals surface area contributed by atoms with Gasteiger partial charge in [0.2, 0.25) is 0 Å². The lowest BCUT2D eigenvalue weighted by Gasteiger charge is -2.40. The summed E-state index contributed by atoms with van der Waals surface area (Å²) in [5.41, 5.74) is -0.0214. The van der Waals surface area contributed by atoms with Gasteiger partial charge < -0.3 is 20.1 Å². The van der Waals surface area contributed by atoms with Gasteiger partial charge in [0.25, 0.3) is 0 Å². The van der Waals surface area contributed by atoms with Gasteiger partial charge in [-0.15, -0.1) is 0 Å². The first-order chi connectivity index (χ1) is 10.3. The Kier molecular flexibility index (Phi) is 4.26. The molecule has 1 aliphatic heterocycles. The van der Waals surface area contributed by atoms with E-state index in [0.717, 1.165) is 50.4 Å². The molecule has 1 aromatic heterocycles. The minimum absolute atomic E-state index is 0.0214. The van der Waals surface area contributed by atoms with Crippen molar-refractivity contribution in [1.82, 2.24) is 9.97 Å². The third-order valence-corrected chi connectivity index (χ3v) is 4.82. The number of hydrogen-bond donors (Lipinski definition) is 2. The average Bonchev–Trinajstić information content (AvgIpc) is 2.95. The molecule has 0 amide bonds. The van der Waals surface area contributed by atoms with Crippen LogP contribution in [0.25, 0.3) is 0 Å². The van der Waals surface area contributed by atoms with Crippen LogP contribution in [0.3, 0.4) is 0 Å². The molecule has 0 bridgehead atoms. The second-order valence-corrected chi connectivity index (χ2v) is 6.03. The van der Waals surface area contributed by atoms with Gasteiger partial charge in [-0.1, -0.05) is 0 Å². The highest BCUT2D eigenvalue weighted by molar-refractivity contribution is 5.50. The summed E-state index contributed by atoms with van der Waals surface area (Å²) in [6, 6.07) is 2.15. The molecule has 6 nitrogen and oxygen atoms in total. The molecule has 1 unspecified atom stereocenters. The summed E-state index contributed by atoms with van der Waals surface area (Å²) in [7, 11) is 1.78. The number of aliphatic hydroxyl groups excluding tert-OH is 1. The van der Waals surface area contributed by atoms with Crippen LogP contribution in [0.5, 0.6) is 0 Å². The Morgan fingerprint density at radius 2 is 2.29 bits per heavy atom. The summed E-state index contributed by atoms with van der Waals surface area (Å²) in [5.74, 6) is 1.72. The zero-order valence-electron chi connectivity index (χ0n) is 12.6. The number of hydrogen-bond acceptors (Lipinski definition) is 6. The van der Waals surface area contributed by atoms with Gasteiger partial charge >= 0.3 is 0 Å². The Morgan fingerprint density at radius 1 is 1.43 bits per heavy atom. The summed E-state index contributed by atoms with van der Waals surface area (Å²) in [5, 5.41) is 12.8. The predicted octanol–water partition coefficient (Wildman–Crippen LogP) is 1.42. The Hall–Kier alpha value is -1.40. The fraction of sp³-hybridized carbons (Fsp3) is 0.733. The van der Waals surface area contributed by atoms with Crippen molar-refractivity contribution in [2.75, 3.05) is 37.0 Å². The zero-order chi connectivity index (χ0) is 14.7. The monoisotopic (exact) mass is 292 g/mol. The maximum Gasteiger partial charge on any atom is 0.134 e. The molecule has 1 saturated carbocycles. The number of anilines is 2. The molecule has 1 atom stereocenters. The molecule has 6 heteroatoms. The quantitative estimate of drug-likeness (QED) is 0.826. The average molecular weight is 292 g/mol. The molecule has 2 N–H and O–H groups in total. The van der Waals surface area contributed by atoms with Crippen LogP contribution in [0.4, 0.5) is 11.6 Å². The topological polar surface area (TPSA) is 70.5 Å². The molecular weight excluding hydrogens is 268 g/mol. The van der Waals surface area contributed by atoms with E-state index in [9.17, 15) is 5.11 Å². The van der Waals surface area contributed by atoms with Gasteiger partial charge in [0.05, 0.1) is 18.2 Å². The SMILES string of the molecule is COC1(CNc2cc(N3CCCC3CO)ncn2)CCC1. The summed E-state index contributed by atoms with van der Waals surface area (Å²) < 4.78 is 5.61. The van der Waals surface area contributed by atoms with Gasteiger partial charge in [-0.25, -0.2) is 9.97 Å².